The molecule has 0 radical (unpaired) electrons. The number of aliphatic hydroxyl groups is 1. The van der Waals surface area contributed by atoms with E-state index in [1.165, 1.54) is 11.1 Å². The van der Waals surface area contributed by atoms with Gasteiger partial charge in [0.2, 0.25) is 0 Å². The van der Waals surface area contributed by atoms with Gasteiger partial charge in [0.05, 0.1) is 6.61 Å². The van der Waals surface area contributed by atoms with Crippen molar-refractivity contribution in [1.29, 1.82) is 0 Å². The zero-order valence-corrected chi connectivity index (χ0v) is 11.3. The molecule has 2 rings (SSSR count). The van der Waals surface area contributed by atoms with Crippen molar-refractivity contribution in [1.82, 2.24) is 0 Å². The molecule has 100 valence electrons. The first kappa shape index (κ1) is 13.6. The van der Waals surface area contributed by atoms with Gasteiger partial charge in [-0.15, -0.1) is 0 Å². The third-order valence-corrected chi connectivity index (χ3v) is 3.18. The molecule has 2 nitrogen and oxygen atoms in total. The van der Waals surface area contributed by atoms with Crippen LogP contribution in [-0.4, -0.2) is 18.3 Å². The Labute approximate surface area is 114 Å². The molecular formula is C17H20O2. The highest BCUT2D eigenvalue weighted by atomic mass is 16.5. The van der Waals surface area contributed by atoms with E-state index < -0.39 is 0 Å². The second-order valence-corrected chi connectivity index (χ2v) is 4.70. The summed E-state index contributed by atoms with van der Waals surface area (Å²) < 4.78 is 5.60. The Morgan fingerprint density at radius 2 is 1.68 bits per heavy atom. The van der Waals surface area contributed by atoms with Crippen LogP contribution in [0.2, 0.25) is 0 Å². The highest BCUT2D eigenvalue weighted by Crippen LogP contribution is 2.28. The molecule has 19 heavy (non-hydrogen) atoms. The smallest absolute Gasteiger partial charge is 0.122 e. The van der Waals surface area contributed by atoms with Gasteiger partial charge < -0.3 is 9.84 Å². The molecule has 0 spiro atoms. The third-order valence-electron chi connectivity index (χ3n) is 3.18. The van der Waals surface area contributed by atoms with Gasteiger partial charge in [0.15, 0.2) is 0 Å². The summed E-state index contributed by atoms with van der Waals surface area (Å²) in [4.78, 5) is 0. The van der Waals surface area contributed by atoms with Gasteiger partial charge in [-0.25, -0.2) is 0 Å². The largest absolute Gasteiger partial charge is 0.491 e. The Bertz CT molecular complexity index is 494. The maximum absolute atomic E-state index is 8.87. The molecule has 1 N–H and O–H groups in total. The Kier molecular flexibility index (Phi) is 4.99. The van der Waals surface area contributed by atoms with Crippen LogP contribution in [0, 0.1) is 0 Å². The number of ether oxygens (including phenoxy) is 1. The van der Waals surface area contributed by atoms with Gasteiger partial charge in [-0.05, 0) is 29.5 Å². The minimum absolute atomic E-state index is 0.0431. The number of rotatable bonds is 6. The van der Waals surface area contributed by atoms with E-state index >= 15 is 0 Å². The normalized spacial score (nSPS) is 12.1. The number of para-hydroxylation sites is 1. The third kappa shape index (κ3) is 3.83. The molecule has 1 atom stereocenters. The fourth-order valence-corrected chi connectivity index (χ4v) is 2.25. The van der Waals surface area contributed by atoms with Crippen LogP contribution in [0.3, 0.4) is 0 Å². The fourth-order valence-electron chi connectivity index (χ4n) is 2.25. The highest BCUT2D eigenvalue weighted by Gasteiger charge is 2.11. The summed E-state index contributed by atoms with van der Waals surface area (Å²) in [5, 5.41) is 8.87. The number of aliphatic hydroxyl groups excluding tert-OH is 1. The van der Waals surface area contributed by atoms with E-state index in [0.29, 0.717) is 12.5 Å². The molecule has 1 unspecified atom stereocenters. The second-order valence-electron chi connectivity index (χ2n) is 4.70. The minimum atomic E-state index is 0.0431. The van der Waals surface area contributed by atoms with Crippen LogP contribution in [0.1, 0.15) is 24.0 Å². The molecule has 2 heteroatoms. The summed E-state index contributed by atoms with van der Waals surface area (Å²) in [6.07, 6.45) is 0.986. The maximum Gasteiger partial charge on any atom is 0.122 e. The van der Waals surface area contributed by atoms with Gasteiger partial charge in [-0.1, -0.05) is 55.5 Å². The summed E-state index contributed by atoms with van der Waals surface area (Å²) in [6.45, 7) is 2.59. The number of hydrogen-bond donors (Lipinski definition) is 1. The maximum atomic E-state index is 8.87. The summed E-state index contributed by atoms with van der Waals surface area (Å²) in [6, 6.07) is 18.5. The quantitative estimate of drug-likeness (QED) is 0.858. The van der Waals surface area contributed by atoms with Gasteiger partial charge >= 0.3 is 0 Å². The van der Waals surface area contributed by atoms with Gasteiger partial charge in [0.25, 0.3) is 0 Å². The van der Waals surface area contributed by atoms with Gasteiger partial charge in [-0.2, -0.15) is 0 Å². The van der Waals surface area contributed by atoms with Crippen molar-refractivity contribution in [3.05, 3.63) is 65.7 Å². The first-order chi connectivity index (χ1) is 9.31. The first-order valence-electron chi connectivity index (χ1n) is 6.67. The zero-order chi connectivity index (χ0) is 13.5. The Morgan fingerprint density at radius 3 is 2.42 bits per heavy atom. The summed E-state index contributed by atoms with van der Waals surface area (Å²) in [5.41, 5.74) is 2.52. The summed E-state index contributed by atoms with van der Waals surface area (Å²) in [5.74, 6) is 1.26. The predicted molar refractivity (Wildman–Crippen MR) is 77.6 cm³/mol. The van der Waals surface area contributed by atoms with Crippen LogP contribution in [0.5, 0.6) is 5.75 Å². The molecule has 0 amide bonds. The molecule has 0 saturated heterocycles. The SMILES string of the molecule is CC(Cc1ccccc1)c1ccccc1OCCO. The van der Waals surface area contributed by atoms with Crippen LogP contribution >= 0.6 is 0 Å². The van der Waals surface area contributed by atoms with Crippen molar-refractivity contribution in [2.75, 3.05) is 13.2 Å². The van der Waals surface area contributed by atoms with Crippen LogP contribution in [0.15, 0.2) is 54.6 Å². The van der Waals surface area contributed by atoms with Crippen molar-refractivity contribution < 1.29 is 9.84 Å². The lowest BCUT2D eigenvalue weighted by Gasteiger charge is -2.16. The van der Waals surface area contributed by atoms with Crippen LogP contribution in [0.4, 0.5) is 0 Å². The molecule has 2 aromatic carbocycles. The molecule has 0 bridgehead atoms. The van der Waals surface area contributed by atoms with Gasteiger partial charge in [-0.3, -0.25) is 0 Å². The molecular weight excluding hydrogens is 236 g/mol. The fraction of sp³-hybridized carbons (Fsp3) is 0.294. The lowest BCUT2D eigenvalue weighted by Crippen LogP contribution is -2.06. The van der Waals surface area contributed by atoms with Crippen LogP contribution < -0.4 is 4.74 Å². The van der Waals surface area contributed by atoms with E-state index in [-0.39, 0.29) is 6.61 Å². The van der Waals surface area contributed by atoms with Crippen LogP contribution in [0.25, 0.3) is 0 Å². The first-order valence-corrected chi connectivity index (χ1v) is 6.67. The van der Waals surface area contributed by atoms with E-state index in [2.05, 4.69) is 37.3 Å². The van der Waals surface area contributed by atoms with Crippen molar-refractivity contribution in [2.45, 2.75) is 19.3 Å². The van der Waals surface area contributed by atoms with Crippen molar-refractivity contribution in [3.63, 3.8) is 0 Å². The lowest BCUT2D eigenvalue weighted by atomic mass is 9.93. The topological polar surface area (TPSA) is 29.5 Å². The number of benzene rings is 2. The van der Waals surface area contributed by atoms with E-state index in [0.717, 1.165) is 12.2 Å². The summed E-state index contributed by atoms with van der Waals surface area (Å²) >= 11 is 0. The molecule has 0 aliphatic heterocycles. The Morgan fingerprint density at radius 1 is 1.00 bits per heavy atom. The van der Waals surface area contributed by atoms with E-state index in [1.807, 2.05) is 24.3 Å². The van der Waals surface area contributed by atoms with Crippen molar-refractivity contribution in [2.24, 2.45) is 0 Å². The minimum Gasteiger partial charge on any atom is -0.491 e. The average Bonchev–Trinajstić information content (AvgIpc) is 2.46. The Hall–Kier alpha value is -1.80. The van der Waals surface area contributed by atoms with Crippen molar-refractivity contribution >= 4 is 0 Å². The zero-order valence-electron chi connectivity index (χ0n) is 11.3. The van der Waals surface area contributed by atoms with E-state index in [1.54, 1.807) is 0 Å². The van der Waals surface area contributed by atoms with E-state index in [4.69, 9.17) is 9.84 Å². The molecule has 0 heterocycles. The molecule has 0 saturated carbocycles. The standard InChI is InChI=1S/C17H20O2/c1-14(13-15-7-3-2-4-8-15)16-9-5-6-10-17(16)19-12-11-18/h2-10,14,18H,11-13H2,1H3. The van der Waals surface area contributed by atoms with E-state index in [9.17, 15) is 0 Å². The molecule has 0 aliphatic rings. The lowest BCUT2D eigenvalue weighted by molar-refractivity contribution is 0.200. The van der Waals surface area contributed by atoms with Gasteiger partial charge in [0, 0.05) is 0 Å². The molecule has 2 aromatic rings. The second kappa shape index (κ2) is 6.95. The van der Waals surface area contributed by atoms with Gasteiger partial charge in [0.1, 0.15) is 12.4 Å². The average molecular weight is 256 g/mol. The molecule has 0 aliphatic carbocycles. The predicted octanol–water partition coefficient (Wildman–Crippen LogP) is 3.40. The highest BCUT2D eigenvalue weighted by molar-refractivity contribution is 5.37. The van der Waals surface area contributed by atoms with Crippen molar-refractivity contribution in [3.8, 4) is 5.75 Å². The summed E-state index contributed by atoms with van der Waals surface area (Å²) in [7, 11) is 0. The monoisotopic (exact) mass is 256 g/mol. The Balaban J connectivity index is 2.12. The molecule has 0 aromatic heterocycles. The number of hydrogen-bond acceptors (Lipinski definition) is 2. The molecule has 0 fully saturated rings. The van der Waals surface area contributed by atoms with Crippen LogP contribution in [-0.2, 0) is 6.42 Å².